The normalized spacial score (nSPS) is 12.5. The molecule has 4 nitrogen and oxygen atoms in total. The van der Waals surface area contributed by atoms with Gasteiger partial charge in [-0.15, -0.1) is 0 Å². The van der Waals surface area contributed by atoms with Gasteiger partial charge >= 0.3 is 0 Å². The quantitative estimate of drug-likeness (QED) is 0.659. The predicted molar refractivity (Wildman–Crippen MR) is 71.6 cm³/mol. The van der Waals surface area contributed by atoms with Crippen molar-refractivity contribution in [1.82, 2.24) is 9.71 Å². The lowest BCUT2D eigenvalue weighted by Gasteiger charge is -2.05. The third-order valence-electron chi connectivity index (χ3n) is 2.61. The number of aldehydes is 1. The minimum absolute atomic E-state index is 0.346. The van der Waals surface area contributed by atoms with Crippen molar-refractivity contribution >= 4 is 28.2 Å². The molecular formula is C13H14N2O2S. The van der Waals surface area contributed by atoms with Gasteiger partial charge in [0, 0.05) is 18.4 Å². The van der Waals surface area contributed by atoms with Crippen LogP contribution in [0, 0.1) is 6.92 Å². The second-order valence-electron chi connectivity index (χ2n) is 3.91. The van der Waals surface area contributed by atoms with E-state index < -0.39 is 11.0 Å². The van der Waals surface area contributed by atoms with Crippen LogP contribution in [0.5, 0.6) is 0 Å². The van der Waals surface area contributed by atoms with Gasteiger partial charge in [0.1, 0.15) is 22.3 Å². The van der Waals surface area contributed by atoms with Gasteiger partial charge in [-0.25, -0.2) is 13.9 Å². The molecule has 1 unspecified atom stereocenters. The number of carbonyl (C=O) groups is 1. The summed E-state index contributed by atoms with van der Waals surface area (Å²) >= 11 is 0. The monoisotopic (exact) mass is 262 g/mol. The van der Waals surface area contributed by atoms with E-state index >= 15 is 0 Å². The molecule has 2 rings (SSSR count). The Bertz CT molecular complexity index is 599. The van der Waals surface area contributed by atoms with Crippen molar-refractivity contribution in [3.05, 3.63) is 35.9 Å². The maximum Gasteiger partial charge on any atom is 0.143 e. The largest absolute Gasteiger partial charge is 0.303 e. The third kappa shape index (κ3) is 2.80. The second-order valence-corrected chi connectivity index (χ2v) is 5.15. The molecule has 1 N–H and O–H groups in total. The molecule has 0 spiro atoms. The molecule has 0 fully saturated rings. The summed E-state index contributed by atoms with van der Waals surface area (Å²) in [5, 5.41) is 1.55. The molecule has 2 aromatic rings. The molecule has 0 aliphatic carbocycles. The smallest absolute Gasteiger partial charge is 0.143 e. The van der Waals surface area contributed by atoms with E-state index in [1.807, 2.05) is 31.2 Å². The van der Waals surface area contributed by atoms with Gasteiger partial charge in [-0.2, -0.15) is 0 Å². The van der Waals surface area contributed by atoms with Crippen molar-refractivity contribution in [2.45, 2.75) is 18.4 Å². The van der Waals surface area contributed by atoms with E-state index in [2.05, 4.69) is 9.71 Å². The van der Waals surface area contributed by atoms with Crippen molar-refractivity contribution in [2.24, 2.45) is 0 Å². The van der Waals surface area contributed by atoms with Gasteiger partial charge < -0.3 is 4.79 Å². The molecule has 0 aliphatic rings. The lowest BCUT2D eigenvalue weighted by molar-refractivity contribution is -0.107. The molecule has 5 heteroatoms. The molecular weight excluding hydrogens is 248 g/mol. The molecule has 18 heavy (non-hydrogen) atoms. The van der Waals surface area contributed by atoms with E-state index in [-0.39, 0.29) is 0 Å². The fraction of sp³-hybridized carbons (Fsp3) is 0.231. The Hall–Kier alpha value is -1.59. The summed E-state index contributed by atoms with van der Waals surface area (Å²) in [4.78, 5) is 14.5. The Morgan fingerprint density at radius 1 is 1.33 bits per heavy atom. The highest BCUT2D eigenvalue weighted by Gasteiger charge is 2.06. The van der Waals surface area contributed by atoms with Gasteiger partial charge in [0.15, 0.2) is 0 Å². The second kappa shape index (κ2) is 5.84. The van der Waals surface area contributed by atoms with Crippen molar-refractivity contribution in [3.8, 4) is 0 Å². The van der Waals surface area contributed by atoms with Crippen LogP contribution in [0.15, 0.2) is 35.4 Å². The average molecular weight is 262 g/mol. The summed E-state index contributed by atoms with van der Waals surface area (Å²) in [7, 11) is -1.37. The molecule has 1 heterocycles. The Morgan fingerprint density at radius 3 is 2.94 bits per heavy atom. The zero-order valence-corrected chi connectivity index (χ0v) is 10.9. The Kier molecular flexibility index (Phi) is 4.17. The number of fused-ring (bicyclic) bond motifs is 1. The number of benzene rings is 1. The molecule has 0 saturated carbocycles. The van der Waals surface area contributed by atoms with E-state index in [0.29, 0.717) is 18.0 Å². The molecule has 0 bridgehead atoms. The highest BCUT2D eigenvalue weighted by molar-refractivity contribution is 7.83. The maximum absolute atomic E-state index is 11.9. The van der Waals surface area contributed by atoms with E-state index in [1.165, 1.54) is 0 Å². The van der Waals surface area contributed by atoms with Crippen LogP contribution < -0.4 is 4.72 Å². The molecule has 1 aromatic heterocycles. The van der Waals surface area contributed by atoms with E-state index in [4.69, 9.17) is 0 Å². The topological polar surface area (TPSA) is 59.1 Å². The number of rotatable bonds is 5. The van der Waals surface area contributed by atoms with E-state index in [1.54, 1.807) is 6.07 Å². The summed E-state index contributed by atoms with van der Waals surface area (Å²) < 4.78 is 14.6. The first-order chi connectivity index (χ1) is 8.72. The summed E-state index contributed by atoms with van der Waals surface area (Å²) in [5.41, 5.74) is 1.98. The number of nitrogens with one attached hydrogen (secondary N) is 1. The Labute approximate surface area is 108 Å². The Morgan fingerprint density at radius 2 is 2.17 bits per heavy atom. The minimum Gasteiger partial charge on any atom is -0.303 e. The van der Waals surface area contributed by atoms with Crippen molar-refractivity contribution in [2.75, 3.05) is 6.54 Å². The van der Waals surface area contributed by atoms with Crippen molar-refractivity contribution in [3.63, 3.8) is 0 Å². The minimum atomic E-state index is -1.37. The van der Waals surface area contributed by atoms with Gasteiger partial charge in [-0.3, -0.25) is 0 Å². The van der Waals surface area contributed by atoms with Crippen LogP contribution in [0.25, 0.3) is 10.9 Å². The maximum atomic E-state index is 11.9. The molecule has 0 amide bonds. The first-order valence-electron chi connectivity index (χ1n) is 5.67. The zero-order valence-electron chi connectivity index (χ0n) is 10.1. The number of hydrogen-bond donors (Lipinski definition) is 1. The number of nitrogens with zero attached hydrogens (tertiary/aromatic N) is 1. The third-order valence-corrected chi connectivity index (χ3v) is 3.68. The van der Waals surface area contributed by atoms with E-state index in [9.17, 15) is 9.00 Å². The van der Waals surface area contributed by atoms with E-state index in [0.717, 1.165) is 22.8 Å². The predicted octanol–water partition coefficient (Wildman–Crippen LogP) is 1.74. The van der Waals surface area contributed by atoms with Crippen LogP contribution in [0.2, 0.25) is 0 Å². The molecule has 94 valence electrons. The van der Waals surface area contributed by atoms with Crippen molar-refractivity contribution < 1.29 is 9.00 Å². The first-order valence-corrected chi connectivity index (χ1v) is 6.82. The number of pyridine rings is 1. The fourth-order valence-corrected chi connectivity index (χ4v) is 2.50. The standard InChI is InChI=1S/C13H14N2O2S/c1-10-4-2-5-12-11(10)6-7-13(15-12)18(17)14-8-3-9-16/h2,4-7,9,14H,3,8H2,1H3. The molecule has 0 saturated heterocycles. The first kappa shape index (κ1) is 12.9. The van der Waals surface area contributed by atoms with Crippen LogP contribution in [0.3, 0.4) is 0 Å². The number of hydrogen-bond acceptors (Lipinski definition) is 3. The molecule has 0 aliphatic heterocycles. The number of aromatic nitrogens is 1. The highest BCUT2D eigenvalue weighted by Crippen LogP contribution is 2.17. The van der Waals surface area contributed by atoms with Gasteiger partial charge in [0.25, 0.3) is 0 Å². The number of aryl methyl sites for hydroxylation is 1. The summed E-state index contributed by atoms with van der Waals surface area (Å²) in [6, 6.07) is 9.51. The summed E-state index contributed by atoms with van der Waals surface area (Å²) in [5.74, 6) is 0. The summed E-state index contributed by atoms with van der Waals surface area (Å²) in [6.45, 7) is 2.41. The lowest BCUT2D eigenvalue weighted by atomic mass is 10.1. The average Bonchev–Trinajstić information content (AvgIpc) is 2.39. The lowest BCUT2D eigenvalue weighted by Crippen LogP contribution is -2.19. The molecule has 0 radical (unpaired) electrons. The molecule has 1 aromatic carbocycles. The summed E-state index contributed by atoms with van der Waals surface area (Å²) in [6.07, 6.45) is 1.14. The van der Waals surface area contributed by atoms with Crippen molar-refractivity contribution in [1.29, 1.82) is 0 Å². The fourth-order valence-electron chi connectivity index (χ4n) is 1.68. The van der Waals surface area contributed by atoms with Crippen LogP contribution >= 0.6 is 0 Å². The Balaban J connectivity index is 2.24. The van der Waals surface area contributed by atoms with Crippen LogP contribution in [0.4, 0.5) is 0 Å². The zero-order chi connectivity index (χ0) is 13.0. The SMILES string of the molecule is Cc1cccc2nc(S(=O)NCCC=O)ccc12. The van der Waals surface area contributed by atoms with Crippen LogP contribution in [0.1, 0.15) is 12.0 Å². The van der Waals surface area contributed by atoms with Crippen LogP contribution in [-0.4, -0.2) is 22.0 Å². The van der Waals surface area contributed by atoms with Crippen LogP contribution in [-0.2, 0) is 15.8 Å². The molecule has 1 atom stereocenters. The number of carbonyl (C=O) groups excluding carboxylic acids is 1. The van der Waals surface area contributed by atoms with Gasteiger partial charge in [0.05, 0.1) is 5.52 Å². The van der Waals surface area contributed by atoms with Gasteiger partial charge in [0.2, 0.25) is 0 Å². The highest BCUT2D eigenvalue weighted by atomic mass is 32.2. The van der Waals surface area contributed by atoms with Gasteiger partial charge in [-0.1, -0.05) is 12.1 Å². The van der Waals surface area contributed by atoms with Gasteiger partial charge in [-0.05, 0) is 30.7 Å².